The number of hydrogen-bond acceptors (Lipinski definition) is 7. The third-order valence-electron chi connectivity index (χ3n) is 7.60. The van der Waals surface area contributed by atoms with E-state index in [1.54, 1.807) is 7.11 Å². The number of nitrogens with one attached hydrogen (secondary N) is 2. The molecule has 1 unspecified atom stereocenters. The zero-order chi connectivity index (χ0) is 26.7. The van der Waals surface area contributed by atoms with Crippen molar-refractivity contribution < 1.29 is 19.1 Å². The third-order valence-corrected chi connectivity index (χ3v) is 7.60. The molecule has 5 rings (SSSR count). The Kier molecular flexibility index (Phi) is 7.72. The molecule has 0 spiro atoms. The van der Waals surface area contributed by atoms with Crippen LogP contribution in [0.3, 0.4) is 0 Å². The van der Waals surface area contributed by atoms with Crippen LogP contribution in [0.25, 0.3) is 0 Å². The summed E-state index contributed by atoms with van der Waals surface area (Å²) in [4.78, 5) is 31.5. The number of allylic oxidation sites excluding steroid dienone is 1. The summed E-state index contributed by atoms with van der Waals surface area (Å²) in [5.74, 6) is 0.799. The number of rotatable bonds is 7. The quantitative estimate of drug-likeness (QED) is 0.578. The van der Waals surface area contributed by atoms with Crippen molar-refractivity contribution in [2.24, 2.45) is 5.41 Å². The predicted molar refractivity (Wildman–Crippen MR) is 148 cm³/mol. The van der Waals surface area contributed by atoms with E-state index in [-0.39, 0.29) is 23.7 Å². The van der Waals surface area contributed by atoms with Crippen molar-refractivity contribution in [1.82, 2.24) is 10.2 Å². The van der Waals surface area contributed by atoms with E-state index in [2.05, 4.69) is 34.3 Å². The van der Waals surface area contributed by atoms with Crippen molar-refractivity contribution in [3.05, 3.63) is 65.4 Å². The van der Waals surface area contributed by atoms with Gasteiger partial charge in [0.25, 0.3) is 0 Å². The molecule has 2 aromatic carbocycles. The molecule has 2 heterocycles. The molecule has 0 bridgehead atoms. The van der Waals surface area contributed by atoms with Gasteiger partial charge in [0.2, 0.25) is 5.91 Å². The Hall–Kier alpha value is -3.36. The van der Waals surface area contributed by atoms with Gasteiger partial charge in [-0.2, -0.15) is 0 Å². The highest BCUT2D eigenvalue weighted by Crippen LogP contribution is 2.48. The molecule has 1 amide bonds. The van der Waals surface area contributed by atoms with E-state index < -0.39 is 6.04 Å². The van der Waals surface area contributed by atoms with Gasteiger partial charge in [0.15, 0.2) is 5.78 Å². The number of para-hydroxylation sites is 2. The number of hydrogen-bond donors (Lipinski definition) is 2. The minimum Gasteiger partial charge on any atom is -0.497 e. The van der Waals surface area contributed by atoms with E-state index in [4.69, 9.17) is 9.47 Å². The Morgan fingerprint density at radius 2 is 1.84 bits per heavy atom. The molecule has 8 nitrogen and oxygen atoms in total. The monoisotopic (exact) mass is 518 g/mol. The Bertz CT molecular complexity index is 1200. The van der Waals surface area contributed by atoms with Crippen LogP contribution in [0.2, 0.25) is 0 Å². The summed E-state index contributed by atoms with van der Waals surface area (Å²) in [5.41, 5.74) is 4.29. The lowest BCUT2D eigenvalue weighted by Crippen LogP contribution is -2.45. The van der Waals surface area contributed by atoms with Crippen molar-refractivity contribution in [3.8, 4) is 5.75 Å². The molecule has 1 atom stereocenters. The number of carbonyl (C=O) groups is 2. The maximum Gasteiger partial charge on any atom is 0.239 e. The Balaban J connectivity index is 1.49. The molecular weight excluding hydrogens is 480 g/mol. The number of methoxy groups -OCH3 is 1. The van der Waals surface area contributed by atoms with Gasteiger partial charge < -0.3 is 25.0 Å². The molecule has 2 aliphatic heterocycles. The van der Waals surface area contributed by atoms with Gasteiger partial charge in [0, 0.05) is 43.9 Å². The lowest BCUT2D eigenvalue weighted by molar-refractivity contribution is -0.120. The van der Waals surface area contributed by atoms with Gasteiger partial charge in [-0.05, 0) is 41.7 Å². The van der Waals surface area contributed by atoms with Crippen LogP contribution in [-0.2, 0) is 14.3 Å². The molecule has 202 valence electrons. The first-order chi connectivity index (χ1) is 18.3. The Morgan fingerprint density at radius 1 is 1.11 bits per heavy atom. The largest absolute Gasteiger partial charge is 0.497 e. The number of Topliss-reactive ketones (excluding diaryl/α,β-unsaturated/α-hetero) is 1. The molecule has 1 fully saturated rings. The highest BCUT2D eigenvalue weighted by Gasteiger charge is 2.41. The van der Waals surface area contributed by atoms with Crippen molar-refractivity contribution >= 4 is 23.1 Å². The van der Waals surface area contributed by atoms with Crippen LogP contribution < -0.4 is 20.3 Å². The highest BCUT2D eigenvalue weighted by molar-refractivity contribution is 6.01. The van der Waals surface area contributed by atoms with E-state index in [9.17, 15) is 9.59 Å². The first kappa shape index (κ1) is 26.3. The Morgan fingerprint density at radius 3 is 2.58 bits per heavy atom. The highest BCUT2D eigenvalue weighted by atomic mass is 16.5. The van der Waals surface area contributed by atoms with Gasteiger partial charge in [-0.25, -0.2) is 0 Å². The van der Waals surface area contributed by atoms with Crippen LogP contribution >= 0.6 is 0 Å². The van der Waals surface area contributed by atoms with Crippen LogP contribution in [0.1, 0.15) is 38.3 Å². The van der Waals surface area contributed by atoms with Crippen LogP contribution in [0.5, 0.6) is 5.75 Å². The van der Waals surface area contributed by atoms with Gasteiger partial charge in [0.05, 0.1) is 44.3 Å². The number of morpholine rings is 1. The summed E-state index contributed by atoms with van der Waals surface area (Å²) in [6.07, 6.45) is 1.23. The third kappa shape index (κ3) is 5.71. The number of anilines is 2. The fourth-order valence-corrected chi connectivity index (χ4v) is 5.75. The van der Waals surface area contributed by atoms with Crippen LogP contribution in [0.15, 0.2) is 59.8 Å². The second-order valence-corrected chi connectivity index (χ2v) is 11.1. The van der Waals surface area contributed by atoms with Crippen molar-refractivity contribution in [2.45, 2.75) is 32.7 Å². The first-order valence-corrected chi connectivity index (χ1v) is 13.4. The maximum atomic E-state index is 13.8. The number of nitrogens with zero attached hydrogens (tertiary/aromatic N) is 2. The van der Waals surface area contributed by atoms with E-state index in [0.29, 0.717) is 13.0 Å². The van der Waals surface area contributed by atoms with Crippen molar-refractivity contribution in [3.63, 3.8) is 0 Å². The number of amides is 1. The summed E-state index contributed by atoms with van der Waals surface area (Å²) in [6.45, 7) is 9.00. The Labute approximate surface area is 225 Å². The van der Waals surface area contributed by atoms with E-state index in [1.807, 2.05) is 48.5 Å². The first-order valence-electron chi connectivity index (χ1n) is 13.4. The molecule has 2 aromatic rings. The number of ether oxygens (including phenoxy) is 2. The normalized spacial score (nSPS) is 21.2. The van der Waals surface area contributed by atoms with Gasteiger partial charge >= 0.3 is 0 Å². The second-order valence-electron chi connectivity index (χ2n) is 11.1. The lowest BCUT2D eigenvalue weighted by atomic mass is 9.73. The van der Waals surface area contributed by atoms with Gasteiger partial charge in [-0.1, -0.05) is 38.1 Å². The SMILES string of the molecule is COc1ccc(C2C3=C(CC(C)(C)CC3=O)Nc3ccccc3N2CC(=O)NCCN2CCOCC2)cc1. The number of carbonyl (C=O) groups excluding carboxylic acids is 2. The molecule has 2 N–H and O–H groups in total. The minimum atomic E-state index is -0.402. The summed E-state index contributed by atoms with van der Waals surface area (Å²) in [7, 11) is 1.64. The summed E-state index contributed by atoms with van der Waals surface area (Å²) >= 11 is 0. The average Bonchev–Trinajstić information content (AvgIpc) is 3.03. The molecule has 38 heavy (non-hydrogen) atoms. The second kappa shape index (κ2) is 11.2. The van der Waals surface area contributed by atoms with Crippen LogP contribution in [0.4, 0.5) is 11.4 Å². The predicted octanol–water partition coefficient (Wildman–Crippen LogP) is 3.76. The zero-order valence-electron chi connectivity index (χ0n) is 22.6. The number of benzene rings is 2. The molecule has 0 radical (unpaired) electrons. The molecule has 1 aliphatic carbocycles. The molecule has 1 saturated heterocycles. The fourth-order valence-electron chi connectivity index (χ4n) is 5.75. The van der Waals surface area contributed by atoms with Crippen LogP contribution in [0, 0.1) is 5.41 Å². The van der Waals surface area contributed by atoms with Crippen LogP contribution in [-0.4, -0.2) is 69.6 Å². The smallest absolute Gasteiger partial charge is 0.239 e. The molecular formula is C30H38N4O4. The topological polar surface area (TPSA) is 83.1 Å². The minimum absolute atomic E-state index is 0.0702. The van der Waals surface area contributed by atoms with Gasteiger partial charge in [-0.3, -0.25) is 14.5 Å². The van der Waals surface area contributed by atoms with E-state index >= 15 is 0 Å². The lowest BCUT2D eigenvalue weighted by Gasteiger charge is -2.38. The van der Waals surface area contributed by atoms with E-state index in [1.165, 1.54) is 0 Å². The van der Waals surface area contributed by atoms with Crippen molar-refractivity contribution in [2.75, 3.05) is 63.3 Å². The molecule has 0 saturated carbocycles. The maximum absolute atomic E-state index is 13.8. The van der Waals surface area contributed by atoms with Gasteiger partial charge in [-0.15, -0.1) is 0 Å². The number of fused-ring (bicyclic) bond motifs is 1. The number of ketones is 1. The van der Waals surface area contributed by atoms with Gasteiger partial charge in [0.1, 0.15) is 5.75 Å². The van der Waals surface area contributed by atoms with E-state index in [0.717, 1.165) is 73.2 Å². The summed E-state index contributed by atoms with van der Waals surface area (Å²) < 4.78 is 10.8. The summed E-state index contributed by atoms with van der Waals surface area (Å²) in [6, 6.07) is 15.4. The fraction of sp³-hybridized carbons (Fsp3) is 0.467. The zero-order valence-corrected chi connectivity index (χ0v) is 22.6. The van der Waals surface area contributed by atoms with Crippen molar-refractivity contribution in [1.29, 1.82) is 0 Å². The molecule has 0 aromatic heterocycles. The molecule has 8 heteroatoms. The standard InChI is InChI=1S/C30H38N4O4/c1-30(2)18-24-28(26(35)19-30)29(21-8-10-22(37-3)11-9-21)34(25-7-5-4-6-23(25)32-24)20-27(36)31-12-13-33-14-16-38-17-15-33/h4-11,29,32H,12-20H2,1-3H3,(H,31,36). The summed E-state index contributed by atoms with van der Waals surface area (Å²) in [5, 5.41) is 6.71. The molecule has 3 aliphatic rings. The average molecular weight is 519 g/mol.